The monoisotopic (exact) mass is 576 g/mol. The van der Waals surface area contributed by atoms with Gasteiger partial charge in [0, 0.05) is 24.4 Å². The summed E-state index contributed by atoms with van der Waals surface area (Å²) in [6.45, 7) is 4.29. The smallest absolute Gasteiger partial charge is 0.338 e. The van der Waals surface area contributed by atoms with Crippen molar-refractivity contribution in [3.63, 3.8) is 0 Å². The Balaban J connectivity index is 1.76. The minimum atomic E-state index is -0.866. The number of hydrogen-bond donors (Lipinski definition) is 2. The molecule has 11 heteroatoms. The molecule has 10 nitrogen and oxygen atoms in total. The van der Waals surface area contributed by atoms with Crippen LogP contribution >= 0.6 is 11.6 Å². The fraction of sp³-hybridized carbons (Fsp3) is 0.233. The maximum absolute atomic E-state index is 13.5. The largest absolute Gasteiger partial charge is 0.463 e. The zero-order valence-corrected chi connectivity index (χ0v) is 23.3. The first-order valence-electron chi connectivity index (χ1n) is 13.1. The molecule has 1 heterocycles. The molecule has 1 atom stereocenters. The Morgan fingerprint density at radius 1 is 1.07 bits per heavy atom. The second kappa shape index (κ2) is 13.1. The molecule has 2 N–H and O–H groups in total. The topological polar surface area (TPSA) is 131 Å². The van der Waals surface area contributed by atoms with Crippen LogP contribution in [0.25, 0.3) is 5.70 Å². The van der Waals surface area contributed by atoms with Crippen LogP contribution in [0.2, 0.25) is 5.02 Å². The lowest BCUT2D eigenvalue weighted by molar-refractivity contribution is -0.384. The SMILES string of the molecule is CCCCN1C(=O)NC(c2cccc(NC(=O)c3ccc([N+](=O)[O-])cc3Cl)c2)C(C(=O)OCC)=C1c1ccccc1. The Morgan fingerprint density at radius 3 is 2.49 bits per heavy atom. The molecule has 0 bridgehead atoms. The molecule has 0 aliphatic carbocycles. The van der Waals surface area contributed by atoms with Crippen molar-refractivity contribution >= 4 is 46.6 Å². The molecule has 1 aliphatic heterocycles. The highest BCUT2D eigenvalue weighted by molar-refractivity contribution is 6.34. The fourth-order valence-electron chi connectivity index (χ4n) is 4.56. The summed E-state index contributed by atoms with van der Waals surface area (Å²) >= 11 is 6.14. The molecule has 1 unspecified atom stereocenters. The Morgan fingerprint density at radius 2 is 1.83 bits per heavy atom. The Kier molecular flexibility index (Phi) is 9.36. The lowest BCUT2D eigenvalue weighted by Crippen LogP contribution is -2.48. The molecule has 3 aromatic rings. The number of carbonyl (C=O) groups excluding carboxylic acids is 3. The Labute approximate surface area is 242 Å². The fourth-order valence-corrected chi connectivity index (χ4v) is 4.82. The van der Waals surface area contributed by atoms with Gasteiger partial charge < -0.3 is 15.4 Å². The molecular weight excluding hydrogens is 548 g/mol. The molecule has 0 radical (unpaired) electrons. The van der Waals surface area contributed by atoms with Gasteiger partial charge in [0.15, 0.2) is 0 Å². The van der Waals surface area contributed by atoms with E-state index in [1.807, 2.05) is 37.3 Å². The quantitative estimate of drug-likeness (QED) is 0.164. The van der Waals surface area contributed by atoms with Crippen molar-refractivity contribution in [2.45, 2.75) is 32.7 Å². The van der Waals surface area contributed by atoms with Gasteiger partial charge in [-0.15, -0.1) is 0 Å². The number of amides is 3. The predicted octanol–water partition coefficient (Wildman–Crippen LogP) is 6.34. The molecule has 41 heavy (non-hydrogen) atoms. The third-order valence-corrected chi connectivity index (χ3v) is 6.80. The first-order chi connectivity index (χ1) is 19.7. The van der Waals surface area contributed by atoms with Crippen LogP contribution in [0.1, 0.15) is 54.2 Å². The van der Waals surface area contributed by atoms with E-state index in [2.05, 4.69) is 10.6 Å². The molecule has 0 saturated heterocycles. The minimum Gasteiger partial charge on any atom is -0.463 e. The van der Waals surface area contributed by atoms with Gasteiger partial charge in [-0.25, -0.2) is 9.59 Å². The van der Waals surface area contributed by atoms with Crippen LogP contribution in [0.3, 0.4) is 0 Å². The maximum Gasteiger partial charge on any atom is 0.338 e. The molecule has 0 fully saturated rings. The highest BCUT2D eigenvalue weighted by Crippen LogP contribution is 2.37. The van der Waals surface area contributed by atoms with Gasteiger partial charge in [-0.05, 0) is 42.7 Å². The predicted molar refractivity (Wildman–Crippen MR) is 155 cm³/mol. The van der Waals surface area contributed by atoms with Gasteiger partial charge in [0.1, 0.15) is 0 Å². The first-order valence-corrected chi connectivity index (χ1v) is 13.5. The summed E-state index contributed by atoms with van der Waals surface area (Å²) in [5.41, 5.74) is 2.17. The van der Waals surface area contributed by atoms with E-state index in [1.165, 1.54) is 12.1 Å². The lowest BCUT2D eigenvalue weighted by Gasteiger charge is -2.37. The standard InChI is InChI=1S/C30H29ClN4O6/c1-3-5-16-34-27(19-10-7-6-8-11-19)25(29(37)41-4-2)26(33-30(34)38)20-12-9-13-21(17-20)32-28(36)23-15-14-22(35(39)40)18-24(23)31/h6-15,17-18,26H,3-5,16H2,1-2H3,(H,32,36)(H,33,38). The van der Waals surface area contributed by atoms with E-state index in [1.54, 1.807) is 36.1 Å². The first kappa shape index (κ1) is 29.3. The number of nitrogens with one attached hydrogen (secondary N) is 2. The molecule has 4 rings (SSSR count). The van der Waals surface area contributed by atoms with Crippen molar-refractivity contribution in [3.05, 3.63) is 110 Å². The highest BCUT2D eigenvalue weighted by Gasteiger charge is 2.38. The molecular formula is C30H29ClN4O6. The van der Waals surface area contributed by atoms with E-state index >= 15 is 0 Å². The van der Waals surface area contributed by atoms with Crippen molar-refractivity contribution in [2.24, 2.45) is 0 Å². The minimum absolute atomic E-state index is 0.0543. The summed E-state index contributed by atoms with van der Waals surface area (Å²) in [5.74, 6) is -1.14. The van der Waals surface area contributed by atoms with Crippen LogP contribution in [0.4, 0.5) is 16.2 Å². The number of unbranched alkanes of at least 4 members (excludes halogenated alkanes) is 1. The van der Waals surface area contributed by atoms with Crippen LogP contribution in [0.15, 0.2) is 78.4 Å². The van der Waals surface area contributed by atoms with Crippen molar-refractivity contribution in [1.29, 1.82) is 0 Å². The zero-order chi connectivity index (χ0) is 29.5. The molecule has 0 aromatic heterocycles. The summed E-state index contributed by atoms with van der Waals surface area (Å²) in [5, 5.41) is 16.6. The highest BCUT2D eigenvalue weighted by atomic mass is 35.5. The summed E-state index contributed by atoms with van der Waals surface area (Å²) < 4.78 is 5.46. The number of benzene rings is 3. The molecule has 1 aliphatic rings. The van der Waals surface area contributed by atoms with E-state index in [-0.39, 0.29) is 34.5 Å². The molecule has 0 spiro atoms. The van der Waals surface area contributed by atoms with E-state index in [0.29, 0.717) is 29.1 Å². The number of esters is 1. The lowest BCUT2D eigenvalue weighted by atomic mass is 9.91. The summed E-state index contributed by atoms with van der Waals surface area (Å²) in [6, 6.07) is 18.3. The van der Waals surface area contributed by atoms with Crippen molar-refractivity contribution < 1.29 is 24.0 Å². The van der Waals surface area contributed by atoms with Gasteiger partial charge in [0.05, 0.1) is 39.4 Å². The van der Waals surface area contributed by atoms with Crippen LogP contribution in [-0.4, -0.2) is 40.9 Å². The summed E-state index contributed by atoms with van der Waals surface area (Å²) in [7, 11) is 0. The van der Waals surface area contributed by atoms with E-state index in [9.17, 15) is 24.5 Å². The van der Waals surface area contributed by atoms with E-state index < -0.39 is 22.8 Å². The van der Waals surface area contributed by atoms with Gasteiger partial charge in [0.25, 0.3) is 11.6 Å². The van der Waals surface area contributed by atoms with E-state index in [0.717, 1.165) is 18.9 Å². The number of halogens is 1. The van der Waals surface area contributed by atoms with Gasteiger partial charge in [-0.2, -0.15) is 0 Å². The van der Waals surface area contributed by atoms with Crippen LogP contribution in [0, 0.1) is 10.1 Å². The number of hydrogen-bond acceptors (Lipinski definition) is 6. The number of nitro benzene ring substituents is 1. The third kappa shape index (κ3) is 6.55. The second-order valence-corrected chi connectivity index (χ2v) is 9.64. The average Bonchev–Trinajstić information content (AvgIpc) is 2.96. The van der Waals surface area contributed by atoms with Crippen LogP contribution in [0.5, 0.6) is 0 Å². The number of carbonyl (C=O) groups is 3. The number of rotatable bonds is 10. The third-order valence-electron chi connectivity index (χ3n) is 6.49. The molecule has 3 amide bonds. The molecule has 0 saturated carbocycles. The number of non-ortho nitro benzene ring substituents is 1. The van der Waals surface area contributed by atoms with Gasteiger partial charge in [-0.3, -0.25) is 19.8 Å². The number of nitrogens with zero attached hydrogens (tertiary/aromatic N) is 2. The number of ether oxygens (including phenoxy) is 1. The summed E-state index contributed by atoms with van der Waals surface area (Å²) in [4.78, 5) is 51.9. The number of nitro groups is 1. The van der Waals surface area contributed by atoms with Crippen molar-refractivity contribution in [3.8, 4) is 0 Å². The Bertz CT molecular complexity index is 1510. The Hall–Kier alpha value is -4.70. The van der Waals surface area contributed by atoms with Gasteiger partial charge in [-0.1, -0.05) is 67.4 Å². The average molecular weight is 577 g/mol. The van der Waals surface area contributed by atoms with Gasteiger partial charge in [0.2, 0.25) is 0 Å². The maximum atomic E-state index is 13.5. The second-order valence-electron chi connectivity index (χ2n) is 9.24. The van der Waals surface area contributed by atoms with Crippen LogP contribution < -0.4 is 10.6 Å². The number of anilines is 1. The zero-order valence-electron chi connectivity index (χ0n) is 22.6. The van der Waals surface area contributed by atoms with Crippen LogP contribution in [-0.2, 0) is 9.53 Å². The van der Waals surface area contributed by atoms with Gasteiger partial charge >= 0.3 is 12.0 Å². The van der Waals surface area contributed by atoms with E-state index in [4.69, 9.17) is 16.3 Å². The van der Waals surface area contributed by atoms with Crippen molar-refractivity contribution in [1.82, 2.24) is 10.2 Å². The normalized spacial score (nSPS) is 14.9. The molecule has 212 valence electrons. The number of urea groups is 1. The molecule has 3 aromatic carbocycles. The summed E-state index contributed by atoms with van der Waals surface area (Å²) in [6.07, 6.45) is 1.59. The van der Waals surface area contributed by atoms with Crippen molar-refractivity contribution in [2.75, 3.05) is 18.5 Å².